The molecule has 3 N–H and O–H groups in total. The summed E-state index contributed by atoms with van der Waals surface area (Å²) in [6.45, 7) is 3.38. The largest absolute Gasteiger partial charge is 0.385 e. The second-order valence-corrected chi connectivity index (χ2v) is 14.5. The second kappa shape index (κ2) is 16.1. The summed E-state index contributed by atoms with van der Waals surface area (Å²) in [6.07, 6.45) is 5.49. The zero-order chi connectivity index (χ0) is 33.3. The SMILES string of the molecule is CNS(=O)(=O)Cc1ccc2[nH]cc(CCN(C)C)c2c1.O=C(CCCN1CCC(O)(c2ccc(Cl)cc2)CC1)c1ccc(F)cc1. The van der Waals surface area contributed by atoms with E-state index in [1.165, 1.54) is 36.9 Å². The average molecular weight is 671 g/mol. The fourth-order valence-electron chi connectivity index (χ4n) is 5.60. The molecule has 11 heteroatoms. The molecule has 0 spiro atoms. The van der Waals surface area contributed by atoms with E-state index in [0.29, 0.717) is 29.8 Å². The minimum absolute atomic E-state index is 0.0116. The first kappa shape index (κ1) is 35.7. The number of hydrogen-bond donors (Lipinski definition) is 3. The highest BCUT2D eigenvalue weighted by Gasteiger charge is 2.33. The summed E-state index contributed by atoms with van der Waals surface area (Å²) < 4.78 is 38.5. The van der Waals surface area contributed by atoms with Crippen LogP contribution in [0.4, 0.5) is 4.39 Å². The zero-order valence-electron chi connectivity index (χ0n) is 26.7. The van der Waals surface area contributed by atoms with Crippen LogP contribution in [0.3, 0.4) is 0 Å². The van der Waals surface area contributed by atoms with Gasteiger partial charge in [0.15, 0.2) is 5.78 Å². The third-order valence-electron chi connectivity index (χ3n) is 8.44. The monoisotopic (exact) mass is 670 g/mol. The predicted molar refractivity (Wildman–Crippen MR) is 183 cm³/mol. The highest BCUT2D eigenvalue weighted by Crippen LogP contribution is 2.33. The Morgan fingerprint density at radius 3 is 2.37 bits per heavy atom. The Morgan fingerprint density at radius 1 is 1.07 bits per heavy atom. The topological polar surface area (TPSA) is 106 Å². The maximum atomic E-state index is 12.9. The molecule has 46 heavy (non-hydrogen) atoms. The smallest absolute Gasteiger partial charge is 0.215 e. The van der Waals surface area contributed by atoms with Crippen molar-refractivity contribution in [2.75, 3.05) is 47.3 Å². The Labute approximate surface area is 276 Å². The Hall–Kier alpha value is -3.12. The van der Waals surface area contributed by atoms with Gasteiger partial charge in [0.05, 0.1) is 11.4 Å². The number of benzene rings is 3. The molecular weight excluding hydrogens is 627 g/mol. The molecule has 3 aromatic carbocycles. The Morgan fingerprint density at radius 2 is 1.74 bits per heavy atom. The van der Waals surface area contributed by atoms with Gasteiger partial charge in [-0.25, -0.2) is 17.5 Å². The predicted octanol–water partition coefficient (Wildman–Crippen LogP) is 5.75. The van der Waals surface area contributed by atoms with Gasteiger partial charge in [0, 0.05) is 53.7 Å². The number of fused-ring (bicyclic) bond motifs is 1. The van der Waals surface area contributed by atoms with E-state index in [1.54, 1.807) is 0 Å². The quantitative estimate of drug-likeness (QED) is 0.166. The normalized spacial score (nSPS) is 15.1. The van der Waals surface area contributed by atoms with E-state index >= 15 is 0 Å². The van der Waals surface area contributed by atoms with Crippen LogP contribution in [0.5, 0.6) is 0 Å². The van der Waals surface area contributed by atoms with Crippen molar-refractivity contribution in [2.24, 2.45) is 0 Å². The molecule has 0 bridgehead atoms. The fraction of sp³-hybridized carbons (Fsp3) is 0.400. The van der Waals surface area contributed by atoms with Crippen molar-refractivity contribution in [2.45, 2.75) is 43.5 Å². The Kier molecular flexibility index (Phi) is 12.5. The van der Waals surface area contributed by atoms with Crippen molar-refractivity contribution in [3.05, 3.63) is 106 Å². The average Bonchev–Trinajstić information content (AvgIpc) is 3.44. The van der Waals surface area contributed by atoms with Gasteiger partial charge in [-0.15, -0.1) is 0 Å². The highest BCUT2D eigenvalue weighted by molar-refractivity contribution is 7.88. The number of aliphatic hydroxyl groups is 1. The van der Waals surface area contributed by atoms with E-state index < -0.39 is 15.6 Å². The van der Waals surface area contributed by atoms with Crippen LogP contribution in [0.15, 0.2) is 72.9 Å². The maximum absolute atomic E-state index is 12.9. The number of aromatic amines is 1. The number of nitrogens with one attached hydrogen (secondary N) is 2. The lowest BCUT2D eigenvalue weighted by molar-refractivity contribution is -0.0260. The van der Waals surface area contributed by atoms with E-state index in [1.807, 2.05) is 62.8 Å². The highest BCUT2D eigenvalue weighted by atomic mass is 35.5. The first-order chi connectivity index (χ1) is 21.9. The summed E-state index contributed by atoms with van der Waals surface area (Å²) in [4.78, 5) is 19.8. The summed E-state index contributed by atoms with van der Waals surface area (Å²) in [7, 11) is 2.29. The molecule has 4 aromatic rings. The summed E-state index contributed by atoms with van der Waals surface area (Å²) >= 11 is 5.92. The number of rotatable bonds is 12. The number of aromatic nitrogens is 1. The molecule has 0 saturated carbocycles. The number of ketones is 1. The lowest BCUT2D eigenvalue weighted by Gasteiger charge is -2.38. The van der Waals surface area contributed by atoms with Gasteiger partial charge in [0.25, 0.3) is 0 Å². The van der Waals surface area contributed by atoms with Crippen LogP contribution >= 0.6 is 11.6 Å². The number of likely N-dealkylation sites (N-methyl/N-ethyl adjacent to an activating group) is 1. The number of Topliss-reactive ketones (excluding diaryl/α,β-unsaturated/α-hetero) is 1. The fourth-order valence-corrected chi connectivity index (χ4v) is 6.49. The third-order valence-corrected chi connectivity index (χ3v) is 10.0. The summed E-state index contributed by atoms with van der Waals surface area (Å²) in [5, 5.41) is 12.7. The van der Waals surface area contributed by atoms with Crippen molar-refractivity contribution in [1.29, 1.82) is 0 Å². The molecule has 1 aromatic heterocycles. The van der Waals surface area contributed by atoms with E-state index in [-0.39, 0.29) is 17.4 Å². The van der Waals surface area contributed by atoms with Crippen molar-refractivity contribution in [1.82, 2.24) is 19.5 Å². The van der Waals surface area contributed by atoms with Crippen molar-refractivity contribution in [3.8, 4) is 0 Å². The zero-order valence-corrected chi connectivity index (χ0v) is 28.3. The standard InChI is InChI=1S/C21H23ClFNO2.C14H21N3O2S/c22-18-7-5-17(6-8-18)21(26)11-14-24(15-12-21)13-1-2-20(25)16-3-9-19(23)10-4-16;1-15-20(18,19)10-11-4-5-14-13(8-11)12(9-16-14)6-7-17(2)3/h3-10,26H,1-2,11-15H2;4-5,8-9,15-16H,6-7,10H2,1-3H3. The van der Waals surface area contributed by atoms with Gasteiger partial charge in [-0.3, -0.25) is 4.79 Å². The molecule has 8 nitrogen and oxygen atoms in total. The Bertz CT molecular complexity index is 1680. The molecule has 0 radical (unpaired) electrons. The van der Waals surface area contributed by atoms with Gasteiger partial charge in [-0.1, -0.05) is 29.8 Å². The first-order valence-corrected chi connectivity index (χ1v) is 17.5. The molecule has 1 fully saturated rings. The lowest BCUT2D eigenvalue weighted by atomic mass is 9.84. The molecule has 1 aliphatic rings. The van der Waals surface area contributed by atoms with Gasteiger partial charge >= 0.3 is 0 Å². The second-order valence-electron chi connectivity index (χ2n) is 12.1. The van der Waals surface area contributed by atoms with Crippen molar-refractivity contribution < 1.29 is 22.7 Å². The number of sulfonamides is 1. The van der Waals surface area contributed by atoms with E-state index in [4.69, 9.17) is 11.6 Å². The van der Waals surface area contributed by atoms with Gasteiger partial charge in [0.1, 0.15) is 5.82 Å². The molecular formula is C35H44ClFN4O4S. The molecule has 2 heterocycles. The van der Waals surface area contributed by atoms with Crippen molar-refractivity contribution in [3.63, 3.8) is 0 Å². The number of carbonyl (C=O) groups excluding carboxylic acids is 1. The number of likely N-dealkylation sites (tertiary alicyclic amines) is 1. The minimum atomic E-state index is -3.23. The third kappa shape index (κ3) is 10.2. The van der Waals surface area contributed by atoms with E-state index in [2.05, 4.69) is 19.5 Å². The Balaban J connectivity index is 0.000000216. The minimum Gasteiger partial charge on any atom is -0.385 e. The molecule has 0 atom stereocenters. The van der Waals surface area contributed by atoms with Gasteiger partial charge < -0.3 is 19.9 Å². The summed E-state index contributed by atoms with van der Waals surface area (Å²) in [5.41, 5.74) is 3.74. The van der Waals surface area contributed by atoms with Crippen LogP contribution < -0.4 is 4.72 Å². The molecule has 1 aliphatic heterocycles. The molecule has 1 saturated heterocycles. The number of halogens is 2. The van der Waals surface area contributed by atoms with Gasteiger partial charge in [0.2, 0.25) is 10.0 Å². The number of hydrogen-bond acceptors (Lipinski definition) is 6. The number of piperidine rings is 1. The van der Waals surface area contributed by atoms with Gasteiger partial charge in [-0.2, -0.15) is 0 Å². The first-order valence-electron chi connectivity index (χ1n) is 15.5. The molecule has 5 rings (SSSR count). The van der Waals surface area contributed by atoms with Crippen LogP contribution in [-0.4, -0.2) is 81.4 Å². The molecule has 0 amide bonds. The number of carbonyl (C=O) groups is 1. The van der Waals surface area contributed by atoms with Crippen LogP contribution in [-0.2, 0) is 27.8 Å². The number of H-pyrrole nitrogens is 1. The lowest BCUT2D eigenvalue weighted by Crippen LogP contribution is -2.42. The molecule has 0 aliphatic carbocycles. The summed E-state index contributed by atoms with van der Waals surface area (Å²) in [5.74, 6) is -0.278. The number of nitrogens with zero attached hydrogens (tertiary/aromatic N) is 2. The van der Waals surface area contributed by atoms with Gasteiger partial charge in [-0.05, 0) is 119 Å². The van der Waals surface area contributed by atoms with Crippen LogP contribution in [0.25, 0.3) is 10.9 Å². The van der Waals surface area contributed by atoms with E-state index in [9.17, 15) is 22.7 Å². The van der Waals surface area contributed by atoms with Crippen LogP contribution in [0.2, 0.25) is 5.02 Å². The van der Waals surface area contributed by atoms with E-state index in [0.717, 1.165) is 61.1 Å². The molecule has 0 unspecified atom stereocenters. The maximum Gasteiger partial charge on any atom is 0.215 e. The molecule has 248 valence electrons. The summed E-state index contributed by atoms with van der Waals surface area (Å²) in [6, 6.07) is 18.8. The van der Waals surface area contributed by atoms with Crippen LogP contribution in [0.1, 0.15) is 52.7 Å². The van der Waals surface area contributed by atoms with Crippen molar-refractivity contribution >= 4 is 38.3 Å². The van der Waals surface area contributed by atoms with Crippen LogP contribution in [0, 0.1) is 5.82 Å².